The van der Waals surface area contributed by atoms with Gasteiger partial charge in [-0.3, -0.25) is 9.59 Å². The first-order valence-corrected chi connectivity index (χ1v) is 40.2. The largest absolute Gasteiger partial charge is 0.545 e. The SMILES string of the molecule is CC/C=C\C/C=C\C/C=C\C/C=C\C/C=C\C/C=C\C/C=C\C/C=C\C/C=C\CCCCCCCCCCCCCC(=O)OC(COC(=O)CCCCCCCCCCCCCC/C=C\C/C=C\C/C=C\C/C=C\C/C=C\C/C=C\C/C=C\C/C=C\CC)COC(OCC[N+](C)(C)C)C(=O)[O-]. The first-order valence-electron chi connectivity index (χ1n) is 40.2. The highest BCUT2D eigenvalue weighted by atomic mass is 16.7. The molecule has 9 nitrogen and oxygen atoms in total. The van der Waals surface area contributed by atoms with Crippen molar-refractivity contribution in [2.24, 2.45) is 0 Å². The smallest absolute Gasteiger partial charge is 0.306 e. The normalized spacial score (nSPS) is 13.8. The van der Waals surface area contributed by atoms with E-state index in [0.717, 1.165) is 161 Å². The molecule has 0 saturated heterocycles. The van der Waals surface area contributed by atoms with E-state index < -0.39 is 24.3 Å². The molecule has 9 heteroatoms. The number of ether oxygens (including phenoxy) is 4. The lowest BCUT2D eigenvalue weighted by molar-refractivity contribution is -0.870. The zero-order valence-electron chi connectivity index (χ0n) is 64.9. The van der Waals surface area contributed by atoms with Crippen molar-refractivity contribution in [2.75, 3.05) is 47.5 Å². The van der Waals surface area contributed by atoms with Gasteiger partial charge in [0, 0.05) is 12.8 Å². The zero-order chi connectivity index (χ0) is 73.2. The fourth-order valence-corrected chi connectivity index (χ4v) is 10.5. The van der Waals surface area contributed by atoms with Gasteiger partial charge >= 0.3 is 11.9 Å². The van der Waals surface area contributed by atoms with Crippen molar-refractivity contribution in [3.05, 3.63) is 207 Å². The quantitative estimate of drug-likeness (QED) is 0.0195. The van der Waals surface area contributed by atoms with E-state index in [4.69, 9.17) is 18.9 Å². The molecule has 568 valence electrons. The highest BCUT2D eigenvalue weighted by molar-refractivity contribution is 5.70. The van der Waals surface area contributed by atoms with Gasteiger partial charge in [-0.2, -0.15) is 0 Å². The van der Waals surface area contributed by atoms with E-state index in [1.165, 1.54) is 103 Å². The van der Waals surface area contributed by atoms with E-state index >= 15 is 0 Å². The van der Waals surface area contributed by atoms with Crippen LogP contribution in [-0.2, 0) is 33.3 Å². The summed E-state index contributed by atoms with van der Waals surface area (Å²) in [5, 5.41) is 11.9. The maximum absolute atomic E-state index is 13.0. The molecule has 2 unspecified atom stereocenters. The number of carboxylic acid groups (broad SMARTS) is 1. The lowest BCUT2D eigenvalue weighted by Gasteiger charge is -2.26. The predicted molar refractivity (Wildman–Crippen MR) is 434 cm³/mol. The molecule has 0 radical (unpaired) electrons. The van der Waals surface area contributed by atoms with Gasteiger partial charge in [0.25, 0.3) is 0 Å². The number of rotatable bonds is 72. The van der Waals surface area contributed by atoms with Crippen LogP contribution in [0.1, 0.15) is 296 Å². The molecular formula is C92H147NO8. The molecule has 0 aromatic carbocycles. The Labute approximate surface area is 620 Å². The van der Waals surface area contributed by atoms with Gasteiger partial charge in [-0.25, -0.2) is 0 Å². The number of carboxylic acids is 1. The third-order valence-corrected chi connectivity index (χ3v) is 16.5. The van der Waals surface area contributed by atoms with Gasteiger partial charge in [-0.1, -0.05) is 342 Å². The van der Waals surface area contributed by atoms with Crippen LogP contribution in [0.4, 0.5) is 0 Å². The minimum atomic E-state index is -1.64. The molecule has 0 N–H and O–H groups in total. The van der Waals surface area contributed by atoms with Crippen molar-refractivity contribution < 1.29 is 42.9 Å². The number of quaternary nitrogens is 1. The molecule has 0 fully saturated rings. The Balaban J connectivity index is 4.13. The zero-order valence-corrected chi connectivity index (χ0v) is 64.9. The number of hydrogen-bond acceptors (Lipinski definition) is 8. The number of allylic oxidation sites excluding steroid dienone is 34. The molecule has 0 amide bonds. The second kappa shape index (κ2) is 79.6. The second-order valence-corrected chi connectivity index (χ2v) is 27.2. The number of carbonyl (C=O) groups is 3. The summed E-state index contributed by atoms with van der Waals surface area (Å²) < 4.78 is 22.8. The molecular weight excluding hydrogens is 1250 g/mol. The Morgan fingerprint density at radius 3 is 0.792 bits per heavy atom. The maximum atomic E-state index is 13.0. The van der Waals surface area contributed by atoms with E-state index in [1.54, 1.807) is 0 Å². The van der Waals surface area contributed by atoms with E-state index in [1.807, 2.05) is 21.1 Å². The third kappa shape index (κ3) is 81.0. The van der Waals surface area contributed by atoms with E-state index in [0.29, 0.717) is 17.4 Å². The lowest BCUT2D eigenvalue weighted by atomic mass is 10.0. The van der Waals surface area contributed by atoms with Gasteiger partial charge in [-0.05, 0) is 148 Å². The van der Waals surface area contributed by atoms with Crippen LogP contribution in [0, 0.1) is 0 Å². The van der Waals surface area contributed by atoms with Gasteiger partial charge < -0.3 is 33.3 Å². The standard InChI is InChI=1S/C92H147NO8/c1-6-8-10-12-14-16-18-20-22-24-26-28-30-32-34-36-38-40-42-44-45-47-49-51-53-55-57-59-61-63-65-67-69-71-73-75-77-79-81-83-90(95)101-88(87-100-92(91(96)97)98-85-84-93(3,4)5)86-99-89(94)82-80-78-76-74-72-70-68-66-64-62-60-58-56-54-52-50-48-46-43-41-39-37-35-33-31-29-27-25-23-21-19-17-15-13-11-9-7-2/h8-11,14-17,20-23,26-29,32-35,38-41,44-46,48-49,51-52,54-55,57,88,92H,6-7,12-13,18-19,24-25,30-31,36-37,42-43,47,50,53,56,58-87H2,1-5H3/b10-8-,11-9-,16-14-,17-15-,22-20-,23-21-,28-26-,29-27-,34-32-,35-33-,40-38-,41-39-,45-44-,48-46-,51-49-,54-52-,57-55-. The minimum Gasteiger partial charge on any atom is -0.545 e. The van der Waals surface area contributed by atoms with E-state index in [9.17, 15) is 19.5 Å². The van der Waals surface area contributed by atoms with Crippen LogP contribution in [-0.4, -0.2) is 82.3 Å². The summed E-state index contributed by atoms with van der Waals surface area (Å²) in [7, 11) is 5.93. The number of aliphatic carboxylic acids is 1. The molecule has 0 rings (SSSR count). The fourth-order valence-electron chi connectivity index (χ4n) is 10.5. The highest BCUT2D eigenvalue weighted by Crippen LogP contribution is 2.17. The van der Waals surface area contributed by atoms with Gasteiger partial charge in [0.1, 0.15) is 13.2 Å². The Morgan fingerprint density at radius 2 is 0.535 bits per heavy atom. The molecule has 0 aromatic heterocycles. The van der Waals surface area contributed by atoms with E-state index in [-0.39, 0.29) is 38.6 Å². The summed E-state index contributed by atoms with van der Waals surface area (Å²) in [5.41, 5.74) is 0. The number of unbranched alkanes of at least 4 members (excludes halogenated alkanes) is 23. The topological polar surface area (TPSA) is 111 Å². The monoisotopic (exact) mass is 1390 g/mol. The predicted octanol–water partition coefficient (Wildman–Crippen LogP) is 24.9. The summed E-state index contributed by atoms with van der Waals surface area (Å²) in [6.45, 7) is 4.51. The van der Waals surface area contributed by atoms with Crippen LogP contribution in [0.25, 0.3) is 0 Å². The molecule has 0 aliphatic carbocycles. The molecule has 0 aliphatic heterocycles. The molecule has 0 aliphatic rings. The lowest BCUT2D eigenvalue weighted by Crippen LogP contribution is -2.44. The Bertz CT molecular complexity index is 2420. The van der Waals surface area contributed by atoms with Crippen LogP contribution in [0.3, 0.4) is 0 Å². The molecule has 0 aromatic rings. The average Bonchev–Trinajstić information content (AvgIpc) is 1.21. The number of carbonyl (C=O) groups excluding carboxylic acids is 3. The van der Waals surface area contributed by atoms with Crippen molar-refractivity contribution in [3.8, 4) is 0 Å². The summed E-state index contributed by atoms with van der Waals surface area (Å²) in [5.74, 6) is -2.30. The Hall–Kier alpha value is -6.13. The highest BCUT2D eigenvalue weighted by Gasteiger charge is 2.22. The van der Waals surface area contributed by atoms with Gasteiger partial charge in [0.15, 0.2) is 12.4 Å². The molecule has 0 spiro atoms. The van der Waals surface area contributed by atoms with Crippen LogP contribution in [0.5, 0.6) is 0 Å². The van der Waals surface area contributed by atoms with Crippen LogP contribution < -0.4 is 5.11 Å². The minimum absolute atomic E-state index is 0.138. The third-order valence-electron chi connectivity index (χ3n) is 16.5. The number of nitrogens with zero attached hydrogens (tertiary/aromatic N) is 1. The molecule has 2 atom stereocenters. The first kappa shape index (κ1) is 94.9. The van der Waals surface area contributed by atoms with E-state index in [2.05, 4.69) is 220 Å². The van der Waals surface area contributed by atoms with Gasteiger partial charge in [0.2, 0.25) is 0 Å². The van der Waals surface area contributed by atoms with Gasteiger partial charge in [0.05, 0.1) is 40.3 Å². The van der Waals surface area contributed by atoms with Crippen molar-refractivity contribution in [2.45, 2.75) is 309 Å². The molecule has 101 heavy (non-hydrogen) atoms. The number of hydrogen-bond donors (Lipinski definition) is 0. The fraction of sp³-hybridized carbons (Fsp3) is 0.598. The maximum Gasteiger partial charge on any atom is 0.306 e. The van der Waals surface area contributed by atoms with Crippen molar-refractivity contribution >= 4 is 17.9 Å². The number of esters is 2. The summed E-state index contributed by atoms with van der Waals surface area (Å²) in [6, 6.07) is 0. The summed E-state index contributed by atoms with van der Waals surface area (Å²) in [4.78, 5) is 37.6. The first-order chi connectivity index (χ1) is 49.6. The van der Waals surface area contributed by atoms with Gasteiger partial charge in [-0.15, -0.1) is 0 Å². The van der Waals surface area contributed by atoms with Crippen LogP contribution in [0.2, 0.25) is 0 Å². The number of likely N-dealkylation sites (N-methyl/N-ethyl adjacent to an activating group) is 1. The van der Waals surface area contributed by atoms with Crippen molar-refractivity contribution in [1.82, 2.24) is 0 Å². The second-order valence-electron chi connectivity index (χ2n) is 27.2. The molecule has 0 saturated carbocycles. The summed E-state index contributed by atoms with van der Waals surface area (Å²) >= 11 is 0. The summed E-state index contributed by atoms with van der Waals surface area (Å²) in [6.07, 6.45) is 121. The van der Waals surface area contributed by atoms with Crippen LogP contribution >= 0.6 is 0 Å². The van der Waals surface area contributed by atoms with Crippen LogP contribution in [0.15, 0.2) is 207 Å². The Morgan fingerprint density at radius 1 is 0.297 bits per heavy atom. The molecule has 0 bridgehead atoms. The van der Waals surface area contributed by atoms with Crippen molar-refractivity contribution in [3.63, 3.8) is 0 Å². The molecule has 0 heterocycles. The average molecular weight is 1400 g/mol. The van der Waals surface area contributed by atoms with Crippen molar-refractivity contribution in [1.29, 1.82) is 0 Å². The Kier molecular flexibility index (Phi) is 74.7.